The lowest BCUT2D eigenvalue weighted by molar-refractivity contribution is 0.538. The molecule has 80 valence electrons. The average molecular weight is 195 g/mol. The molecule has 0 amide bonds. The second kappa shape index (κ2) is 8.55. The van der Waals surface area contributed by atoms with E-state index < -0.39 is 0 Å². The van der Waals surface area contributed by atoms with Crippen molar-refractivity contribution in [1.29, 1.82) is 10.7 Å². The summed E-state index contributed by atoms with van der Waals surface area (Å²) in [5, 5.41) is 19.2. The molecule has 3 nitrogen and oxygen atoms in total. The number of unbranched alkanes of at least 4 members (excludes halogenated alkanes) is 2. The molecule has 2 N–H and O–H groups in total. The number of nitrogens with one attached hydrogen (secondary N) is 2. The molecule has 0 aromatic heterocycles. The lowest BCUT2D eigenvalue weighted by Gasteiger charge is -2.10. The molecule has 0 fully saturated rings. The highest BCUT2D eigenvalue weighted by Gasteiger charge is 2.06. The Morgan fingerprint density at radius 3 is 2.64 bits per heavy atom. The van der Waals surface area contributed by atoms with E-state index in [-0.39, 0.29) is 5.92 Å². The first-order chi connectivity index (χ1) is 6.74. The topological polar surface area (TPSA) is 59.7 Å². The molecular formula is C11H21N3. The molecule has 0 aliphatic carbocycles. The van der Waals surface area contributed by atoms with Crippen LogP contribution >= 0.6 is 0 Å². The highest BCUT2D eigenvalue weighted by atomic mass is 14.9. The van der Waals surface area contributed by atoms with Crippen molar-refractivity contribution in [2.75, 3.05) is 6.54 Å². The van der Waals surface area contributed by atoms with Crippen LogP contribution in [-0.2, 0) is 0 Å². The van der Waals surface area contributed by atoms with Crippen LogP contribution in [-0.4, -0.2) is 12.4 Å². The molecule has 0 heterocycles. The van der Waals surface area contributed by atoms with Gasteiger partial charge in [-0.05, 0) is 6.42 Å². The molecule has 0 aliphatic rings. The summed E-state index contributed by atoms with van der Waals surface area (Å²) >= 11 is 0. The summed E-state index contributed by atoms with van der Waals surface area (Å²) in [7, 11) is 0. The van der Waals surface area contributed by atoms with E-state index in [1.165, 1.54) is 12.8 Å². The molecule has 0 aliphatic heterocycles. The van der Waals surface area contributed by atoms with Crippen molar-refractivity contribution >= 4 is 5.84 Å². The van der Waals surface area contributed by atoms with Crippen LogP contribution in [0.15, 0.2) is 0 Å². The smallest absolute Gasteiger partial charge is 0.0929 e. The first kappa shape index (κ1) is 13.0. The predicted molar refractivity (Wildman–Crippen MR) is 59.3 cm³/mol. The van der Waals surface area contributed by atoms with Gasteiger partial charge in [0.25, 0.3) is 0 Å². The maximum absolute atomic E-state index is 8.85. The zero-order valence-electron chi connectivity index (χ0n) is 9.27. The molecule has 1 unspecified atom stereocenters. The second-order valence-electron chi connectivity index (χ2n) is 3.53. The van der Waals surface area contributed by atoms with Gasteiger partial charge in [0.1, 0.15) is 0 Å². The Labute approximate surface area is 87.0 Å². The van der Waals surface area contributed by atoms with Crippen LogP contribution < -0.4 is 5.32 Å². The molecule has 0 saturated heterocycles. The minimum atomic E-state index is 0.0634. The molecule has 0 saturated carbocycles. The van der Waals surface area contributed by atoms with Crippen LogP contribution in [0.1, 0.15) is 46.0 Å². The van der Waals surface area contributed by atoms with Crippen LogP contribution in [0.25, 0.3) is 0 Å². The van der Waals surface area contributed by atoms with E-state index in [0.29, 0.717) is 18.8 Å². The Balaban J connectivity index is 3.59. The van der Waals surface area contributed by atoms with Gasteiger partial charge in [0.05, 0.1) is 17.8 Å². The number of nitriles is 1. The molecule has 0 aromatic rings. The molecule has 1 atom stereocenters. The van der Waals surface area contributed by atoms with Crippen molar-refractivity contribution in [3.8, 4) is 6.07 Å². The standard InChI is InChI=1S/C11H21N3/c1-3-5-6-7-10(8-12)9-14-11(13)4-2/h10H,3-7,9H2,1-2H3,(H2,13,14). The van der Waals surface area contributed by atoms with E-state index in [0.717, 1.165) is 12.8 Å². The quantitative estimate of drug-likeness (QED) is 0.373. The summed E-state index contributed by atoms with van der Waals surface area (Å²) < 4.78 is 0. The highest BCUT2D eigenvalue weighted by molar-refractivity contribution is 5.78. The van der Waals surface area contributed by atoms with Gasteiger partial charge in [0, 0.05) is 13.0 Å². The van der Waals surface area contributed by atoms with Crippen molar-refractivity contribution in [1.82, 2.24) is 5.32 Å². The third-order valence-corrected chi connectivity index (χ3v) is 2.25. The van der Waals surface area contributed by atoms with Gasteiger partial charge in [0.15, 0.2) is 0 Å². The fourth-order valence-corrected chi connectivity index (χ4v) is 1.22. The summed E-state index contributed by atoms with van der Waals surface area (Å²) in [6.07, 6.45) is 5.18. The van der Waals surface area contributed by atoms with Crippen LogP contribution in [0.2, 0.25) is 0 Å². The normalized spacial score (nSPS) is 11.8. The van der Waals surface area contributed by atoms with Gasteiger partial charge in [-0.25, -0.2) is 0 Å². The summed E-state index contributed by atoms with van der Waals surface area (Å²) in [6, 6.07) is 2.28. The van der Waals surface area contributed by atoms with Gasteiger partial charge >= 0.3 is 0 Å². The third-order valence-electron chi connectivity index (χ3n) is 2.25. The Bertz CT molecular complexity index is 193. The minimum Gasteiger partial charge on any atom is -0.373 e. The molecular weight excluding hydrogens is 174 g/mol. The first-order valence-electron chi connectivity index (χ1n) is 5.45. The summed E-state index contributed by atoms with van der Waals surface area (Å²) in [4.78, 5) is 0. The minimum absolute atomic E-state index is 0.0634. The van der Waals surface area contributed by atoms with Crippen LogP contribution in [0.3, 0.4) is 0 Å². The monoisotopic (exact) mass is 195 g/mol. The summed E-state index contributed by atoms with van der Waals surface area (Å²) in [5.74, 6) is 0.592. The summed E-state index contributed by atoms with van der Waals surface area (Å²) in [6.45, 7) is 4.73. The number of amidine groups is 1. The number of hydrogen-bond donors (Lipinski definition) is 2. The molecule has 14 heavy (non-hydrogen) atoms. The molecule has 0 aromatic carbocycles. The van der Waals surface area contributed by atoms with E-state index >= 15 is 0 Å². The Kier molecular flexibility index (Phi) is 7.92. The SMILES string of the molecule is CCCCCC(C#N)CNC(=N)CC. The van der Waals surface area contributed by atoms with Gasteiger partial charge in [0.2, 0.25) is 0 Å². The lowest BCUT2D eigenvalue weighted by atomic mass is 10.0. The molecule has 0 rings (SSSR count). The van der Waals surface area contributed by atoms with Crippen LogP contribution in [0, 0.1) is 22.7 Å². The van der Waals surface area contributed by atoms with E-state index in [1.807, 2.05) is 6.92 Å². The second-order valence-corrected chi connectivity index (χ2v) is 3.53. The van der Waals surface area contributed by atoms with Gasteiger partial charge in [-0.3, -0.25) is 5.41 Å². The van der Waals surface area contributed by atoms with Crippen molar-refractivity contribution in [3.05, 3.63) is 0 Å². The molecule has 0 bridgehead atoms. The van der Waals surface area contributed by atoms with E-state index in [4.69, 9.17) is 10.7 Å². The zero-order valence-corrected chi connectivity index (χ0v) is 9.27. The fourth-order valence-electron chi connectivity index (χ4n) is 1.22. The van der Waals surface area contributed by atoms with E-state index in [9.17, 15) is 0 Å². The molecule has 3 heteroatoms. The highest BCUT2D eigenvalue weighted by Crippen LogP contribution is 2.08. The Hall–Kier alpha value is -1.04. The summed E-state index contributed by atoms with van der Waals surface area (Å²) in [5.41, 5.74) is 0. The number of nitrogens with zero attached hydrogens (tertiary/aromatic N) is 1. The van der Waals surface area contributed by atoms with Crippen LogP contribution in [0.4, 0.5) is 0 Å². The first-order valence-corrected chi connectivity index (χ1v) is 5.45. The van der Waals surface area contributed by atoms with Crippen molar-refractivity contribution in [3.63, 3.8) is 0 Å². The largest absolute Gasteiger partial charge is 0.373 e. The molecule has 0 spiro atoms. The zero-order chi connectivity index (χ0) is 10.8. The van der Waals surface area contributed by atoms with Gasteiger partial charge in [-0.2, -0.15) is 5.26 Å². The predicted octanol–water partition coefficient (Wildman–Crippen LogP) is 2.68. The maximum atomic E-state index is 8.85. The Morgan fingerprint density at radius 1 is 1.43 bits per heavy atom. The number of rotatable bonds is 7. The van der Waals surface area contributed by atoms with Crippen molar-refractivity contribution in [2.45, 2.75) is 46.0 Å². The van der Waals surface area contributed by atoms with Crippen LogP contribution in [0.5, 0.6) is 0 Å². The van der Waals surface area contributed by atoms with Gasteiger partial charge < -0.3 is 5.32 Å². The fraction of sp³-hybridized carbons (Fsp3) is 0.818. The van der Waals surface area contributed by atoms with E-state index in [2.05, 4.69) is 18.3 Å². The van der Waals surface area contributed by atoms with Crippen molar-refractivity contribution < 1.29 is 0 Å². The lowest BCUT2D eigenvalue weighted by Crippen LogP contribution is -2.27. The van der Waals surface area contributed by atoms with Crippen molar-refractivity contribution in [2.24, 2.45) is 5.92 Å². The average Bonchev–Trinajstić information content (AvgIpc) is 2.22. The van der Waals surface area contributed by atoms with E-state index in [1.54, 1.807) is 0 Å². The van der Waals surface area contributed by atoms with Gasteiger partial charge in [-0.15, -0.1) is 0 Å². The maximum Gasteiger partial charge on any atom is 0.0929 e. The number of hydrogen-bond acceptors (Lipinski definition) is 2. The van der Waals surface area contributed by atoms with Gasteiger partial charge in [-0.1, -0.05) is 33.1 Å². The third kappa shape index (κ3) is 6.47. The Morgan fingerprint density at radius 2 is 2.14 bits per heavy atom. The molecule has 0 radical (unpaired) electrons.